The first-order valence-electron chi connectivity index (χ1n) is 11.7. The van der Waals surface area contributed by atoms with Gasteiger partial charge < -0.3 is 30.4 Å². The van der Waals surface area contributed by atoms with Crippen LogP contribution in [-0.2, 0) is 35.5 Å². The molecule has 4 rings (SSSR count). The SMILES string of the molecule is O=C(N[C@H](CNC(=O)c1cn(CCc2ccc3c(n2)NCCC3)cn1)C(=O)O)OCc1ccccc1. The molecular formula is C25H28N6O5. The molecule has 11 heteroatoms. The zero-order valence-electron chi connectivity index (χ0n) is 19.6. The van der Waals surface area contributed by atoms with Gasteiger partial charge in [0, 0.05) is 37.9 Å². The number of carboxylic acid groups (broad SMARTS) is 1. The van der Waals surface area contributed by atoms with Crippen LogP contribution < -0.4 is 16.0 Å². The quantitative estimate of drug-likeness (QED) is 0.336. The van der Waals surface area contributed by atoms with Crippen LogP contribution >= 0.6 is 0 Å². The molecule has 2 aromatic heterocycles. The van der Waals surface area contributed by atoms with Crippen molar-refractivity contribution in [2.24, 2.45) is 0 Å². The molecule has 4 N–H and O–H groups in total. The van der Waals surface area contributed by atoms with Crippen LogP contribution in [0, 0.1) is 0 Å². The van der Waals surface area contributed by atoms with Gasteiger partial charge in [0.1, 0.15) is 24.2 Å². The first-order chi connectivity index (χ1) is 17.5. The minimum absolute atomic E-state index is 0.000293. The highest BCUT2D eigenvalue weighted by Crippen LogP contribution is 2.20. The summed E-state index contributed by atoms with van der Waals surface area (Å²) in [4.78, 5) is 44.7. The number of rotatable bonds is 10. The van der Waals surface area contributed by atoms with E-state index in [9.17, 15) is 19.5 Å². The number of ether oxygens (including phenoxy) is 1. The molecule has 36 heavy (non-hydrogen) atoms. The summed E-state index contributed by atoms with van der Waals surface area (Å²) in [5, 5.41) is 17.5. The highest BCUT2D eigenvalue weighted by molar-refractivity contribution is 5.92. The number of aryl methyl sites for hydroxylation is 3. The van der Waals surface area contributed by atoms with Gasteiger partial charge >= 0.3 is 12.1 Å². The molecule has 0 saturated heterocycles. The maximum Gasteiger partial charge on any atom is 0.408 e. The molecule has 0 spiro atoms. The molecule has 3 aromatic rings. The Balaban J connectivity index is 1.24. The zero-order valence-corrected chi connectivity index (χ0v) is 19.6. The lowest BCUT2D eigenvalue weighted by molar-refractivity contribution is -0.139. The smallest absolute Gasteiger partial charge is 0.408 e. The molecule has 1 atom stereocenters. The van der Waals surface area contributed by atoms with Crippen LogP contribution in [0.5, 0.6) is 0 Å². The fourth-order valence-electron chi connectivity index (χ4n) is 3.74. The van der Waals surface area contributed by atoms with Gasteiger partial charge in [-0.25, -0.2) is 19.6 Å². The van der Waals surface area contributed by atoms with Crippen LogP contribution in [0.2, 0.25) is 0 Å². The summed E-state index contributed by atoms with van der Waals surface area (Å²) in [5.74, 6) is -0.907. The van der Waals surface area contributed by atoms with E-state index < -0.39 is 24.0 Å². The highest BCUT2D eigenvalue weighted by atomic mass is 16.5. The minimum Gasteiger partial charge on any atom is -0.480 e. The molecule has 1 aliphatic rings. The molecule has 0 fully saturated rings. The summed E-state index contributed by atoms with van der Waals surface area (Å²) in [6, 6.07) is 11.7. The van der Waals surface area contributed by atoms with Gasteiger partial charge in [-0.3, -0.25) is 4.79 Å². The summed E-state index contributed by atoms with van der Waals surface area (Å²) in [5.41, 5.74) is 3.08. The fourth-order valence-corrected chi connectivity index (χ4v) is 3.74. The number of fused-ring (bicyclic) bond motifs is 1. The van der Waals surface area contributed by atoms with Gasteiger partial charge in [0.25, 0.3) is 5.91 Å². The molecule has 0 aliphatic carbocycles. The normalized spacial score (nSPS) is 13.1. The zero-order chi connectivity index (χ0) is 25.3. The van der Waals surface area contributed by atoms with Crippen molar-refractivity contribution in [2.75, 3.05) is 18.4 Å². The lowest BCUT2D eigenvalue weighted by Crippen LogP contribution is -2.48. The first-order valence-corrected chi connectivity index (χ1v) is 11.7. The maximum atomic E-state index is 12.5. The van der Waals surface area contributed by atoms with E-state index in [1.807, 2.05) is 12.1 Å². The Bertz CT molecular complexity index is 1210. The number of pyridine rings is 1. The second kappa shape index (κ2) is 11.8. The number of nitrogens with one attached hydrogen (secondary N) is 3. The third-order valence-electron chi connectivity index (χ3n) is 5.71. The van der Waals surface area contributed by atoms with Crippen LogP contribution in [-0.4, -0.2) is 56.7 Å². The van der Waals surface area contributed by atoms with Crippen LogP contribution in [0.3, 0.4) is 0 Å². The summed E-state index contributed by atoms with van der Waals surface area (Å²) >= 11 is 0. The fraction of sp³-hybridized carbons (Fsp3) is 0.320. The Labute approximate surface area is 207 Å². The van der Waals surface area contributed by atoms with E-state index in [2.05, 4.69) is 32.0 Å². The third kappa shape index (κ3) is 6.81. The molecule has 0 saturated carbocycles. The number of alkyl carbamates (subject to hydrolysis) is 1. The highest BCUT2D eigenvalue weighted by Gasteiger charge is 2.22. The van der Waals surface area contributed by atoms with Crippen molar-refractivity contribution in [1.29, 1.82) is 0 Å². The average Bonchev–Trinajstić information content (AvgIpc) is 3.38. The molecule has 0 unspecified atom stereocenters. The first kappa shape index (κ1) is 24.7. The van der Waals surface area contributed by atoms with E-state index in [1.54, 1.807) is 41.4 Å². The van der Waals surface area contributed by atoms with Gasteiger partial charge in [-0.2, -0.15) is 0 Å². The number of anilines is 1. The number of aliphatic carboxylic acids is 1. The van der Waals surface area contributed by atoms with Crippen LogP contribution in [0.4, 0.5) is 10.6 Å². The predicted molar refractivity (Wildman–Crippen MR) is 130 cm³/mol. The van der Waals surface area contributed by atoms with Crippen molar-refractivity contribution in [1.82, 2.24) is 25.2 Å². The molecule has 11 nitrogen and oxygen atoms in total. The van der Waals surface area contributed by atoms with Crippen molar-refractivity contribution >= 4 is 23.8 Å². The van der Waals surface area contributed by atoms with E-state index in [1.165, 1.54) is 5.56 Å². The Morgan fingerprint density at radius 3 is 2.81 bits per heavy atom. The standard InChI is InChI=1S/C25H28N6O5/c32-23(27-13-20(24(33)34)30-25(35)36-15-17-5-2-1-3-6-17)21-14-31(16-28-21)12-10-19-9-8-18-7-4-11-26-22(18)29-19/h1-3,5-6,8-9,14,16,20H,4,7,10-13,15H2,(H,26,29)(H,27,32)(H,30,35)(H,33,34)/t20-/m1/s1. The molecule has 0 radical (unpaired) electrons. The Morgan fingerprint density at radius 2 is 2.00 bits per heavy atom. The second-order valence-corrected chi connectivity index (χ2v) is 8.39. The molecular weight excluding hydrogens is 464 g/mol. The molecule has 0 bridgehead atoms. The van der Waals surface area contributed by atoms with E-state index in [-0.39, 0.29) is 18.8 Å². The number of carbonyl (C=O) groups excluding carboxylic acids is 2. The van der Waals surface area contributed by atoms with Gasteiger partial charge in [0.15, 0.2) is 0 Å². The molecule has 1 aromatic carbocycles. The van der Waals surface area contributed by atoms with Crippen molar-refractivity contribution in [3.05, 3.63) is 77.5 Å². The number of aromatic nitrogens is 3. The van der Waals surface area contributed by atoms with Gasteiger partial charge in [0.2, 0.25) is 0 Å². The van der Waals surface area contributed by atoms with E-state index in [0.29, 0.717) is 13.0 Å². The number of hydrogen-bond acceptors (Lipinski definition) is 7. The number of carboxylic acids is 1. The number of hydrogen-bond donors (Lipinski definition) is 4. The van der Waals surface area contributed by atoms with Crippen LogP contribution in [0.25, 0.3) is 0 Å². The average molecular weight is 493 g/mol. The van der Waals surface area contributed by atoms with Crippen molar-refractivity contribution in [3.63, 3.8) is 0 Å². The Morgan fingerprint density at radius 1 is 1.17 bits per heavy atom. The molecule has 1 aliphatic heterocycles. The monoisotopic (exact) mass is 492 g/mol. The lowest BCUT2D eigenvalue weighted by Gasteiger charge is -2.17. The Kier molecular flexibility index (Phi) is 8.12. The largest absolute Gasteiger partial charge is 0.480 e. The predicted octanol–water partition coefficient (Wildman–Crippen LogP) is 1.99. The van der Waals surface area contributed by atoms with Crippen LogP contribution in [0.1, 0.15) is 33.7 Å². The number of benzene rings is 1. The number of carbonyl (C=O) groups is 3. The van der Waals surface area contributed by atoms with E-state index >= 15 is 0 Å². The van der Waals surface area contributed by atoms with Gasteiger partial charge in [0.05, 0.1) is 6.33 Å². The number of amides is 2. The maximum absolute atomic E-state index is 12.5. The minimum atomic E-state index is -1.36. The van der Waals surface area contributed by atoms with Crippen molar-refractivity contribution in [2.45, 2.75) is 38.5 Å². The topological polar surface area (TPSA) is 147 Å². The van der Waals surface area contributed by atoms with Gasteiger partial charge in [-0.1, -0.05) is 36.4 Å². The van der Waals surface area contributed by atoms with E-state index in [4.69, 9.17) is 4.74 Å². The Hall–Kier alpha value is -4.41. The van der Waals surface area contributed by atoms with Crippen molar-refractivity contribution in [3.8, 4) is 0 Å². The third-order valence-corrected chi connectivity index (χ3v) is 5.71. The molecule has 3 heterocycles. The summed E-state index contributed by atoms with van der Waals surface area (Å²) < 4.78 is 6.82. The summed E-state index contributed by atoms with van der Waals surface area (Å²) in [6.45, 7) is 1.18. The number of nitrogens with zero attached hydrogens (tertiary/aromatic N) is 3. The second-order valence-electron chi connectivity index (χ2n) is 8.39. The molecule has 188 valence electrons. The van der Waals surface area contributed by atoms with Gasteiger partial charge in [-0.05, 0) is 30.0 Å². The van der Waals surface area contributed by atoms with Gasteiger partial charge in [-0.15, -0.1) is 0 Å². The summed E-state index contributed by atoms with van der Waals surface area (Å²) in [7, 11) is 0. The molecule has 2 amide bonds. The number of imidazole rings is 1. The van der Waals surface area contributed by atoms with E-state index in [0.717, 1.165) is 36.5 Å². The van der Waals surface area contributed by atoms with Crippen molar-refractivity contribution < 1.29 is 24.2 Å². The van der Waals surface area contributed by atoms with Crippen LogP contribution in [0.15, 0.2) is 55.0 Å². The summed E-state index contributed by atoms with van der Waals surface area (Å²) in [6.07, 6.45) is 5.04. The lowest BCUT2D eigenvalue weighted by atomic mass is 10.1.